The lowest BCUT2D eigenvalue weighted by Crippen LogP contribution is -2.43. The number of nitrogens with zero attached hydrogens (tertiary/aromatic N) is 2. The molecule has 5 rings (SSSR count). The highest BCUT2D eigenvalue weighted by Crippen LogP contribution is 2.49. The van der Waals surface area contributed by atoms with E-state index in [4.69, 9.17) is 14.2 Å². The third-order valence-electron chi connectivity index (χ3n) is 8.68. The van der Waals surface area contributed by atoms with Crippen LogP contribution in [0.4, 0.5) is 4.79 Å². The van der Waals surface area contributed by atoms with Crippen molar-refractivity contribution in [2.45, 2.75) is 77.7 Å². The van der Waals surface area contributed by atoms with Crippen LogP contribution in [0, 0.1) is 11.8 Å². The van der Waals surface area contributed by atoms with E-state index < -0.39 is 17.7 Å². The molecule has 4 atom stereocenters. The number of carboxylic acids is 1. The van der Waals surface area contributed by atoms with E-state index in [2.05, 4.69) is 49.9 Å². The number of benzene rings is 3. The molecular formula is C38H48N2O6. The van der Waals surface area contributed by atoms with Gasteiger partial charge in [0, 0.05) is 32.1 Å². The van der Waals surface area contributed by atoms with Crippen molar-refractivity contribution in [1.29, 1.82) is 0 Å². The predicted octanol–water partition coefficient (Wildman–Crippen LogP) is 6.81. The molecule has 1 heterocycles. The molecule has 1 saturated heterocycles. The van der Waals surface area contributed by atoms with E-state index in [0.717, 1.165) is 30.8 Å². The summed E-state index contributed by atoms with van der Waals surface area (Å²) in [5.41, 5.74) is 2.71. The van der Waals surface area contributed by atoms with Crippen LogP contribution in [-0.4, -0.2) is 71.0 Å². The number of carboxylic acid groups (broad SMARTS) is 1. The molecule has 0 unspecified atom stereocenters. The van der Waals surface area contributed by atoms with Gasteiger partial charge >= 0.3 is 12.1 Å². The number of fused-ring (bicyclic) bond motifs is 1. The number of rotatable bonds is 12. The van der Waals surface area contributed by atoms with Crippen LogP contribution in [0.2, 0.25) is 0 Å². The molecule has 2 fully saturated rings. The first-order valence-electron chi connectivity index (χ1n) is 16.2. The molecule has 0 radical (unpaired) electrons. The lowest BCUT2D eigenvalue weighted by molar-refractivity contribution is -0.145. The fourth-order valence-corrected chi connectivity index (χ4v) is 6.27. The van der Waals surface area contributed by atoms with Gasteiger partial charge in [0.1, 0.15) is 23.7 Å². The largest absolute Gasteiger partial charge is 0.492 e. The quantitative estimate of drug-likeness (QED) is 0.236. The molecule has 8 heteroatoms. The lowest BCUT2D eigenvalue weighted by Gasteiger charge is -2.30. The van der Waals surface area contributed by atoms with E-state index in [-0.39, 0.29) is 24.0 Å². The zero-order valence-corrected chi connectivity index (χ0v) is 27.9. The smallest absolute Gasteiger partial charge is 0.410 e. The van der Waals surface area contributed by atoms with E-state index in [9.17, 15) is 14.7 Å². The van der Waals surface area contributed by atoms with Gasteiger partial charge in [0.05, 0.1) is 6.54 Å². The molecule has 1 saturated carbocycles. The number of piperidine rings is 1. The molecule has 1 amide bonds. The molecule has 3 aromatic carbocycles. The minimum Gasteiger partial charge on any atom is -0.492 e. The summed E-state index contributed by atoms with van der Waals surface area (Å²) in [6.45, 7) is 15.7. The number of ether oxygens (including phenoxy) is 3. The fraction of sp³-hybridized carbons (Fsp3) is 0.474. The van der Waals surface area contributed by atoms with Crippen molar-refractivity contribution in [1.82, 2.24) is 9.80 Å². The SMILES string of the molecule is CC(C)(C)OC(=O)N(CCOc1ccc(C[C@H](Oc2ccc(C(C)(C)C)cc2)C(=O)O)cc1)[C@H]1[C@@H]2CN(Cc3ccccc3)C[C@@H]21. The van der Waals surface area contributed by atoms with Crippen molar-refractivity contribution in [2.75, 3.05) is 26.2 Å². The van der Waals surface area contributed by atoms with Gasteiger partial charge in [-0.1, -0.05) is 75.4 Å². The molecule has 246 valence electrons. The Morgan fingerprint density at radius 1 is 0.848 bits per heavy atom. The van der Waals surface area contributed by atoms with Crippen molar-refractivity contribution in [3.8, 4) is 11.5 Å². The van der Waals surface area contributed by atoms with Gasteiger partial charge in [0.15, 0.2) is 6.10 Å². The number of hydrogen-bond donors (Lipinski definition) is 1. The molecule has 0 aromatic heterocycles. The maximum atomic E-state index is 13.3. The molecule has 2 aliphatic rings. The van der Waals surface area contributed by atoms with Crippen LogP contribution in [0.3, 0.4) is 0 Å². The summed E-state index contributed by atoms with van der Waals surface area (Å²) in [7, 11) is 0. The number of likely N-dealkylation sites (tertiary alicyclic amines) is 1. The van der Waals surface area contributed by atoms with Crippen LogP contribution < -0.4 is 9.47 Å². The molecule has 46 heavy (non-hydrogen) atoms. The Balaban J connectivity index is 1.14. The summed E-state index contributed by atoms with van der Waals surface area (Å²) < 4.78 is 17.7. The standard InChI is InChI=1S/C38H48N2O6/c1-37(2,3)28-14-18-30(19-15-28)45-33(35(41)42)22-26-12-16-29(17-13-26)44-21-20-40(36(43)46-38(4,5)6)34-31-24-39(25-32(31)34)23-27-10-8-7-9-11-27/h7-19,31-34H,20-25H2,1-6H3,(H,41,42)/t31-,32+,33-,34+/m0/s1. The Hall–Kier alpha value is -4.04. The lowest BCUT2D eigenvalue weighted by atomic mass is 9.87. The molecule has 1 aliphatic carbocycles. The van der Waals surface area contributed by atoms with Gasteiger partial charge in [-0.05, 0) is 79.0 Å². The third kappa shape index (κ3) is 8.81. The first-order valence-corrected chi connectivity index (χ1v) is 16.2. The Labute approximate surface area is 273 Å². The Bertz CT molecular complexity index is 1450. The van der Waals surface area contributed by atoms with E-state index in [1.807, 2.05) is 80.3 Å². The zero-order valence-electron chi connectivity index (χ0n) is 27.9. The second-order valence-electron chi connectivity index (χ2n) is 14.6. The third-order valence-corrected chi connectivity index (χ3v) is 8.68. The van der Waals surface area contributed by atoms with Gasteiger partial charge in [-0.2, -0.15) is 0 Å². The minimum absolute atomic E-state index is 0.00405. The molecule has 0 bridgehead atoms. The van der Waals surface area contributed by atoms with Crippen molar-refractivity contribution < 1.29 is 28.9 Å². The van der Waals surface area contributed by atoms with Crippen LogP contribution in [0.25, 0.3) is 0 Å². The average Bonchev–Trinajstić information content (AvgIpc) is 3.46. The van der Waals surface area contributed by atoms with Crippen molar-refractivity contribution in [3.63, 3.8) is 0 Å². The predicted molar refractivity (Wildman–Crippen MR) is 178 cm³/mol. The topological polar surface area (TPSA) is 88.5 Å². The van der Waals surface area contributed by atoms with Crippen molar-refractivity contribution in [2.24, 2.45) is 11.8 Å². The van der Waals surface area contributed by atoms with Crippen molar-refractivity contribution >= 4 is 12.1 Å². The van der Waals surface area contributed by atoms with E-state index in [1.165, 1.54) is 5.56 Å². The maximum absolute atomic E-state index is 13.3. The highest BCUT2D eigenvalue weighted by Gasteiger charge is 2.59. The molecule has 8 nitrogen and oxygen atoms in total. The summed E-state index contributed by atoms with van der Waals surface area (Å²) >= 11 is 0. The van der Waals surface area contributed by atoms with Gasteiger partial charge in [-0.3, -0.25) is 4.90 Å². The monoisotopic (exact) mass is 628 g/mol. The van der Waals surface area contributed by atoms with Gasteiger partial charge in [0.25, 0.3) is 0 Å². The number of carbonyl (C=O) groups is 2. The summed E-state index contributed by atoms with van der Waals surface area (Å²) in [6.07, 6.45) is -1.10. The van der Waals surface area contributed by atoms with Crippen LogP contribution in [0.5, 0.6) is 11.5 Å². The minimum atomic E-state index is -1.02. The van der Waals surface area contributed by atoms with Crippen LogP contribution >= 0.6 is 0 Å². The second kappa shape index (κ2) is 13.8. The van der Waals surface area contributed by atoms with E-state index in [1.54, 1.807) is 0 Å². The Morgan fingerprint density at radius 2 is 1.46 bits per heavy atom. The summed E-state index contributed by atoms with van der Waals surface area (Å²) in [4.78, 5) is 29.6. The number of amides is 1. The molecule has 1 aliphatic heterocycles. The molecular weight excluding hydrogens is 580 g/mol. The van der Waals surface area contributed by atoms with Gasteiger partial charge in [-0.15, -0.1) is 0 Å². The summed E-state index contributed by atoms with van der Waals surface area (Å²) in [6, 6.07) is 25.6. The number of carbonyl (C=O) groups excluding carboxylic acids is 1. The highest BCUT2D eigenvalue weighted by atomic mass is 16.6. The van der Waals surface area contributed by atoms with Crippen LogP contribution in [0.15, 0.2) is 78.9 Å². The van der Waals surface area contributed by atoms with E-state index in [0.29, 0.717) is 36.5 Å². The number of hydrogen-bond acceptors (Lipinski definition) is 6. The first-order chi connectivity index (χ1) is 21.8. The molecule has 3 aromatic rings. The van der Waals surface area contributed by atoms with Crippen molar-refractivity contribution in [3.05, 3.63) is 95.6 Å². The average molecular weight is 629 g/mol. The normalized spacial score (nSPS) is 20.0. The Kier molecular flexibility index (Phi) is 9.96. The van der Waals surface area contributed by atoms with E-state index >= 15 is 0 Å². The first kappa shape index (κ1) is 33.3. The Morgan fingerprint density at radius 3 is 2.02 bits per heavy atom. The summed E-state index contributed by atoms with van der Waals surface area (Å²) in [5, 5.41) is 9.81. The number of aliphatic carboxylic acids is 1. The van der Waals surface area contributed by atoms with Gasteiger partial charge in [-0.25, -0.2) is 9.59 Å². The summed E-state index contributed by atoms with van der Waals surface area (Å²) in [5.74, 6) is 1.05. The molecule has 1 N–H and O–H groups in total. The van der Waals surface area contributed by atoms with Crippen LogP contribution in [0.1, 0.15) is 58.2 Å². The molecule has 0 spiro atoms. The zero-order chi connectivity index (χ0) is 33.1. The maximum Gasteiger partial charge on any atom is 0.410 e. The van der Waals surface area contributed by atoms with Gasteiger partial charge < -0.3 is 24.2 Å². The fourth-order valence-electron chi connectivity index (χ4n) is 6.27. The van der Waals surface area contributed by atoms with Gasteiger partial charge in [0.2, 0.25) is 0 Å². The highest BCUT2D eigenvalue weighted by molar-refractivity contribution is 5.73. The second-order valence-corrected chi connectivity index (χ2v) is 14.6. The van der Waals surface area contributed by atoms with Crippen LogP contribution in [-0.2, 0) is 27.9 Å².